The minimum atomic E-state index is -4.13. The molecule has 2 rings (SSSR count). The molecule has 0 radical (unpaired) electrons. The Bertz CT molecular complexity index is 493. The van der Waals surface area contributed by atoms with Gasteiger partial charge in [0.2, 0.25) is 0 Å². The van der Waals surface area contributed by atoms with Crippen molar-refractivity contribution < 1.29 is 13.0 Å². The fourth-order valence-corrected chi connectivity index (χ4v) is 3.18. The van der Waals surface area contributed by atoms with E-state index in [1.807, 2.05) is 0 Å². The van der Waals surface area contributed by atoms with Crippen LogP contribution in [0.2, 0.25) is 0 Å². The predicted octanol–water partition coefficient (Wildman–Crippen LogP) is 2.36. The Kier molecular flexibility index (Phi) is 4.37. The van der Waals surface area contributed by atoms with E-state index in [2.05, 4.69) is 5.32 Å². The Balaban J connectivity index is 2.05. The van der Waals surface area contributed by atoms with Crippen molar-refractivity contribution in [1.29, 1.82) is 0 Å². The Morgan fingerprint density at radius 3 is 2.50 bits per heavy atom. The van der Waals surface area contributed by atoms with Crippen molar-refractivity contribution in [3.05, 3.63) is 29.8 Å². The van der Waals surface area contributed by atoms with Crippen LogP contribution in [0.1, 0.15) is 37.7 Å². The number of hydrogen-bond acceptors (Lipinski definition) is 3. The third-order valence-corrected chi connectivity index (χ3v) is 4.39. The number of rotatable bonds is 4. The topological polar surface area (TPSA) is 66.4 Å². The van der Waals surface area contributed by atoms with Crippen LogP contribution in [0.3, 0.4) is 0 Å². The molecule has 0 amide bonds. The molecule has 1 aromatic carbocycles. The standard InChI is InChI=1S/C13H19NO3S/c15-18(16,17)13-9-5-4-6-11(13)10-14-12-7-2-1-3-8-12/h4-6,9,12,14H,1-3,7-8,10H2,(H,15,16,17). The molecule has 0 unspecified atom stereocenters. The average Bonchev–Trinajstić information content (AvgIpc) is 2.37. The van der Waals surface area contributed by atoms with Gasteiger partial charge < -0.3 is 5.32 Å². The Hall–Kier alpha value is -0.910. The third kappa shape index (κ3) is 3.54. The predicted molar refractivity (Wildman–Crippen MR) is 70.0 cm³/mol. The first-order valence-electron chi connectivity index (χ1n) is 6.36. The SMILES string of the molecule is O=S(=O)(O)c1ccccc1CNC1CCCCC1. The molecule has 2 N–H and O–H groups in total. The normalized spacial score (nSPS) is 17.8. The summed E-state index contributed by atoms with van der Waals surface area (Å²) < 4.78 is 31.6. The van der Waals surface area contributed by atoms with E-state index >= 15 is 0 Å². The first-order chi connectivity index (χ1) is 8.57. The first-order valence-corrected chi connectivity index (χ1v) is 7.80. The van der Waals surface area contributed by atoms with Crippen molar-refractivity contribution >= 4 is 10.1 Å². The van der Waals surface area contributed by atoms with E-state index in [1.54, 1.807) is 18.2 Å². The molecule has 100 valence electrons. The lowest BCUT2D eigenvalue weighted by Crippen LogP contribution is -2.30. The lowest BCUT2D eigenvalue weighted by Gasteiger charge is -2.23. The fraction of sp³-hybridized carbons (Fsp3) is 0.538. The fourth-order valence-electron chi connectivity index (χ4n) is 2.46. The minimum Gasteiger partial charge on any atom is -0.310 e. The second-order valence-electron chi connectivity index (χ2n) is 4.80. The number of benzene rings is 1. The van der Waals surface area contributed by atoms with E-state index in [0.29, 0.717) is 18.2 Å². The molecule has 4 nitrogen and oxygen atoms in total. The van der Waals surface area contributed by atoms with Crippen LogP contribution < -0.4 is 5.32 Å². The highest BCUT2D eigenvalue weighted by Crippen LogP contribution is 2.19. The summed E-state index contributed by atoms with van der Waals surface area (Å²) >= 11 is 0. The quantitative estimate of drug-likeness (QED) is 0.823. The van der Waals surface area contributed by atoms with Gasteiger partial charge >= 0.3 is 0 Å². The first kappa shape index (κ1) is 13.5. The third-order valence-electron chi connectivity index (χ3n) is 3.44. The summed E-state index contributed by atoms with van der Waals surface area (Å²) in [6.45, 7) is 0.487. The summed E-state index contributed by atoms with van der Waals surface area (Å²) in [6.07, 6.45) is 6.05. The molecule has 1 fully saturated rings. The van der Waals surface area contributed by atoms with E-state index in [9.17, 15) is 8.42 Å². The van der Waals surface area contributed by atoms with E-state index in [0.717, 1.165) is 12.8 Å². The molecular formula is C13H19NO3S. The molecule has 1 aromatic rings. The number of nitrogens with one attached hydrogen (secondary N) is 1. The molecule has 0 aromatic heterocycles. The molecule has 0 bridgehead atoms. The van der Waals surface area contributed by atoms with Gasteiger partial charge in [-0.05, 0) is 24.5 Å². The van der Waals surface area contributed by atoms with Crippen LogP contribution in [0.15, 0.2) is 29.2 Å². The molecule has 1 saturated carbocycles. The van der Waals surface area contributed by atoms with Crippen molar-refractivity contribution in [3.8, 4) is 0 Å². The second kappa shape index (κ2) is 5.82. The van der Waals surface area contributed by atoms with Gasteiger partial charge in [-0.2, -0.15) is 8.42 Å². The molecular weight excluding hydrogens is 250 g/mol. The van der Waals surface area contributed by atoms with Gasteiger partial charge in [-0.15, -0.1) is 0 Å². The van der Waals surface area contributed by atoms with Gasteiger partial charge in [0.05, 0.1) is 4.90 Å². The summed E-state index contributed by atoms with van der Waals surface area (Å²) in [5.41, 5.74) is 0.630. The summed E-state index contributed by atoms with van der Waals surface area (Å²) in [6, 6.07) is 7.04. The largest absolute Gasteiger partial charge is 0.310 e. The van der Waals surface area contributed by atoms with Gasteiger partial charge in [0.15, 0.2) is 0 Å². The van der Waals surface area contributed by atoms with E-state index in [1.165, 1.54) is 25.3 Å². The Morgan fingerprint density at radius 1 is 1.17 bits per heavy atom. The van der Waals surface area contributed by atoms with Crippen LogP contribution in [0.4, 0.5) is 0 Å². The van der Waals surface area contributed by atoms with E-state index < -0.39 is 10.1 Å². The minimum absolute atomic E-state index is 0.00769. The zero-order valence-electron chi connectivity index (χ0n) is 10.3. The van der Waals surface area contributed by atoms with Gasteiger partial charge in [0, 0.05) is 12.6 Å². The Morgan fingerprint density at radius 2 is 1.83 bits per heavy atom. The maximum atomic E-state index is 11.2. The van der Waals surface area contributed by atoms with Crippen LogP contribution in [0, 0.1) is 0 Å². The van der Waals surface area contributed by atoms with Crippen LogP contribution in [-0.4, -0.2) is 19.0 Å². The molecule has 18 heavy (non-hydrogen) atoms. The highest BCUT2D eigenvalue weighted by atomic mass is 32.2. The highest BCUT2D eigenvalue weighted by Gasteiger charge is 2.17. The van der Waals surface area contributed by atoms with Crippen molar-refractivity contribution in [3.63, 3.8) is 0 Å². The molecule has 1 aliphatic rings. The summed E-state index contributed by atoms with van der Waals surface area (Å²) in [5, 5.41) is 3.37. The molecule has 0 aliphatic heterocycles. The van der Waals surface area contributed by atoms with Gasteiger partial charge in [-0.25, -0.2) is 0 Å². The van der Waals surface area contributed by atoms with Gasteiger partial charge in [0.1, 0.15) is 0 Å². The summed E-state index contributed by atoms with van der Waals surface area (Å²) in [7, 11) is -4.13. The number of hydrogen-bond donors (Lipinski definition) is 2. The molecule has 5 heteroatoms. The monoisotopic (exact) mass is 269 g/mol. The maximum absolute atomic E-state index is 11.2. The van der Waals surface area contributed by atoms with Gasteiger partial charge in [0.25, 0.3) is 10.1 Å². The van der Waals surface area contributed by atoms with Crippen LogP contribution in [0.25, 0.3) is 0 Å². The molecule has 0 atom stereocenters. The molecule has 0 spiro atoms. The van der Waals surface area contributed by atoms with Crippen molar-refractivity contribution in [2.24, 2.45) is 0 Å². The summed E-state index contributed by atoms with van der Waals surface area (Å²) in [5.74, 6) is 0. The highest BCUT2D eigenvalue weighted by molar-refractivity contribution is 7.85. The van der Waals surface area contributed by atoms with Crippen LogP contribution in [-0.2, 0) is 16.7 Å². The molecule has 0 saturated heterocycles. The second-order valence-corrected chi connectivity index (χ2v) is 6.19. The van der Waals surface area contributed by atoms with Crippen molar-refractivity contribution in [2.75, 3.05) is 0 Å². The van der Waals surface area contributed by atoms with Crippen LogP contribution in [0.5, 0.6) is 0 Å². The van der Waals surface area contributed by atoms with Crippen LogP contribution >= 0.6 is 0 Å². The van der Waals surface area contributed by atoms with Gasteiger partial charge in [-0.1, -0.05) is 37.5 Å². The molecule has 0 heterocycles. The van der Waals surface area contributed by atoms with Crippen molar-refractivity contribution in [2.45, 2.75) is 49.6 Å². The smallest absolute Gasteiger partial charge is 0.294 e. The van der Waals surface area contributed by atoms with E-state index in [-0.39, 0.29) is 4.90 Å². The average molecular weight is 269 g/mol. The summed E-state index contributed by atoms with van der Waals surface area (Å²) in [4.78, 5) is 0.00769. The van der Waals surface area contributed by atoms with Crippen molar-refractivity contribution in [1.82, 2.24) is 5.32 Å². The van der Waals surface area contributed by atoms with Gasteiger partial charge in [-0.3, -0.25) is 4.55 Å². The zero-order valence-corrected chi connectivity index (χ0v) is 11.1. The zero-order chi connectivity index (χ0) is 13.0. The lowest BCUT2D eigenvalue weighted by molar-refractivity contribution is 0.371. The maximum Gasteiger partial charge on any atom is 0.294 e. The van der Waals surface area contributed by atoms with E-state index in [4.69, 9.17) is 4.55 Å². The Labute approximate surface area is 108 Å². The molecule has 1 aliphatic carbocycles. The lowest BCUT2D eigenvalue weighted by atomic mass is 9.95.